The fourth-order valence-corrected chi connectivity index (χ4v) is 4.46. The van der Waals surface area contributed by atoms with Crippen LogP contribution in [0.4, 0.5) is 15.8 Å². The monoisotopic (exact) mass is 556 g/mol. The molecule has 0 bridgehead atoms. The molecule has 0 saturated carbocycles. The Labute approximate surface area is 217 Å². The topological polar surface area (TPSA) is 79.3 Å². The number of benzene rings is 3. The molecule has 1 aliphatic heterocycles. The van der Waals surface area contributed by atoms with Crippen LogP contribution in [0.15, 0.2) is 65.1 Å². The average Bonchev–Trinajstić information content (AvgIpc) is 2.87. The highest BCUT2D eigenvalue weighted by Crippen LogP contribution is 2.31. The fraction of sp³-hybridized carbons (Fsp3) is 0.259. The molecule has 0 atom stereocenters. The van der Waals surface area contributed by atoms with Gasteiger partial charge >= 0.3 is 5.97 Å². The summed E-state index contributed by atoms with van der Waals surface area (Å²) in [6.45, 7) is 4.10. The number of anilines is 2. The van der Waals surface area contributed by atoms with E-state index in [2.05, 4.69) is 15.9 Å². The van der Waals surface area contributed by atoms with Gasteiger partial charge in [0.2, 0.25) is 5.91 Å². The van der Waals surface area contributed by atoms with E-state index >= 15 is 0 Å². The summed E-state index contributed by atoms with van der Waals surface area (Å²) >= 11 is 3.47. The smallest absolute Gasteiger partial charge is 0.337 e. The van der Waals surface area contributed by atoms with Crippen molar-refractivity contribution in [3.05, 3.63) is 87.6 Å². The molecule has 0 spiro atoms. The first-order chi connectivity index (χ1) is 17.3. The third kappa shape index (κ3) is 6.22. The summed E-state index contributed by atoms with van der Waals surface area (Å²) in [5, 5.41) is 9.90. The first-order valence-electron chi connectivity index (χ1n) is 11.5. The van der Waals surface area contributed by atoms with E-state index in [1.807, 2.05) is 17.0 Å². The van der Waals surface area contributed by atoms with Crippen molar-refractivity contribution in [2.75, 3.05) is 36.1 Å². The molecule has 1 aliphatic rings. The molecular formula is C27H26BrFN2O5. The van der Waals surface area contributed by atoms with Crippen molar-refractivity contribution in [3.63, 3.8) is 0 Å². The summed E-state index contributed by atoms with van der Waals surface area (Å²) in [6.07, 6.45) is 0. The van der Waals surface area contributed by atoms with Gasteiger partial charge < -0.3 is 24.4 Å². The van der Waals surface area contributed by atoms with E-state index in [9.17, 15) is 19.1 Å². The minimum absolute atomic E-state index is 0.127. The second kappa shape index (κ2) is 11.5. The van der Waals surface area contributed by atoms with Crippen molar-refractivity contribution in [2.24, 2.45) is 0 Å². The number of hydrogen-bond acceptors (Lipinski definition) is 5. The van der Waals surface area contributed by atoms with Crippen molar-refractivity contribution in [1.29, 1.82) is 0 Å². The van der Waals surface area contributed by atoms with E-state index in [0.29, 0.717) is 43.4 Å². The highest BCUT2D eigenvalue weighted by Gasteiger charge is 2.22. The average molecular weight is 557 g/mol. The largest absolute Gasteiger partial charge is 0.489 e. The predicted octanol–water partition coefficient (Wildman–Crippen LogP) is 5.26. The quantitative estimate of drug-likeness (QED) is 0.408. The molecular weight excluding hydrogens is 531 g/mol. The standard InChI is InChI=1S/C27H26BrFN2O5/c1-18(32)31(23-7-8-25(24(15-23)27(33)34)30-10-12-35-13-11-30)16-20-14-21(28)4-9-26(20)36-17-19-2-5-22(29)6-3-19/h2-9,14-15H,10-13,16-17H2,1H3,(H,33,34). The van der Waals surface area contributed by atoms with Crippen LogP contribution in [0.3, 0.4) is 0 Å². The van der Waals surface area contributed by atoms with E-state index in [1.54, 1.807) is 30.3 Å². The van der Waals surface area contributed by atoms with Crippen LogP contribution in [0.5, 0.6) is 5.75 Å². The van der Waals surface area contributed by atoms with Gasteiger partial charge in [-0.15, -0.1) is 0 Å². The Morgan fingerprint density at radius 2 is 1.81 bits per heavy atom. The number of hydrogen-bond donors (Lipinski definition) is 1. The number of carboxylic acid groups (broad SMARTS) is 1. The van der Waals surface area contributed by atoms with Gasteiger partial charge in [-0.1, -0.05) is 28.1 Å². The predicted molar refractivity (Wildman–Crippen MR) is 138 cm³/mol. The van der Waals surface area contributed by atoms with E-state index < -0.39 is 5.97 Å². The summed E-state index contributed by atoms with van der Waals surface area (Å²) < 4.78 is 25.4. The Morgan fingerprint density at radius 1 is 1.08 bits per heavy atom. The van der Waals surface area contributed by atoms with Crippen LogP contribution in [0.25, 0.3) is 0 Å². The molecule has 3 aromatic rings. The zero-order valence-corrected chi connectivity index (χ0v) is 21.3. The van der Waals surface area contributed by atoms with Crippen LogP contribution in [-0.2, 0) is 22.7 Å². The lowest BCUT2D eigenvalue weighted by molar-refractivity contribution is -0.116. The van der Waals surface area contributed by atoms with Gasteiger partial charge in [0.05, 0.1) is 31.0 Å². The maximum atomic E-state index is 13.2. The summed E-state index contributed by atoms with van der Waals surface area (Å²) in [7, 11) is 0. The number of carbonyl (C=O) groups excluding carboxylic acids is 1. The summed E-state index contributed by atoms with van der Waals surface area (Å²) in [6, 6.07) is 16.6. The zero-order valence-electron chi connectivity index (χ0n) is 19.7. The Morgan fingerprint density at radius 3 is 2.47 bits per heavy atom. The third-order valence-electron chi connectivity index (χ3n) is 5.91. The van der Waals surface area contributed by atoms with Crippen LogP contribution >= 0.6 is 15.9 Å². The summed E-state index contributed by atoms with van der Waals surface area (Å²) in [4.78, 5) is 28.3. The SMILES string of the molecule is CC(=O)N(Cc1cc(Br)ccc1OCc1ccc(F)cc1)c1ccc(N2CCOCC2)c(C(=O)O)c1. The number of carbonyl (C=O) groups is 2. The van der Waals surface area contributed by atoms with Crippen molar-refractivity contribution in [3.8, 4) is 5.75 Å². The molecule has 0 aliphatic carbocycles. The van der Waals surface area contributed by atoms with Gasteiger partial charge in [0.25, 0.3) is 0 Å². The molecule has 0 aromatic heterocycles. The van der Waals surface area contributed by atoms with Crippen LogP contribution in [0, 0.1) is 5.82 Å². The Balaban J connectivity index is 1.61. The fourth-order valence-electron chi connectivity index (χ4n) is 4.05. The van der Waals surface area contributed by atoms with Crippen molar-refractivity contribution in [1.82, 2.24) is 0 Å². The van der Waals surface area contributed by atoms with E-state index in [0.717, 1.165) is 15.6 Å². The number of ether oxygens (including phenoxy) is 2. The van der Waals surface area contributed by atoms with Gasteiger partial charge in [-0.05, 0) is 54.1 Å². The number of morpholine rings is 1. The lowest BCUT2D eigenvalue weighted by Crippen LogP contribution is -2.37. The van der Waals surface area contributed by atoms with Crippen LogP contribution < -0.4 is 14.5 Å². The van der Waals surface area contributed by atoms with Gasteiger partial charge in [0, 0.05) is 35.7 Å². The first-order valence-corrected chi connectivity index (χ1v) is 12.2. The van der Waals surface area contributed by atoms with Gasteiger partial charge in [-0.2, -0.15) is 0 Å². The molecule has 0 radical (unpaired) electrons. The lowest BCUT2D eigenvalue weighted by atomic mass is 10.1. The second-order valence-electron chi connectivity index (χ2n) is 8.38. The summed E-state index contributed by atoms with van der Waals surface area (Å²) in [5.41, 5.74) is 2.74. The maximum Gasteiger partial charge on any atom is 0.337 e. The van der Waals surface area contributed by atoms with E-state index in [4.69, 9.17) is 9.47 Å². The molecule has 188 valence electrons. The maximum absolute atomic E-state index is 13.2. The normalized spacial score (nSPS) is 13.4. The van der Waals surface area contributed by atoms with Gasteiger partial charge in [0.15, 0.2) is 0 Å². The van der Waals surface area contributed by atoms with Crippen LogP contribution in [0.1, 0.15) is 28.4 Å². The van der Waals surface area contributed by atoms with Gasteiger partial charge in [0.1, 0.15) is 18.2 Å². The van der Waals surface area contributed by atoms with Gasteiger partial charge in [-0.25, -0.2) is 9.18 Å². The molecule has 4 rings (SSSR count). The molecule has 7 nitrogen and oxygen atoms in total. The minimum atomic E-state index is -1.06. The zero-order chi connectivity index (χ0) is 25.7. The number of aromatic carboxylic acids is 1. The molecule has 3 aromatic carbocycles. The second-order valence-corrected chi connectivity index (χ2v) is 9.29. The number of halogens is 2. The van der Waals surface area contributed by atoms with Gasteiger partial charge in [-0.3, -0.25) is 4.79 Å². The van der Waals surface area contributed by atoms with Crippen LogP contribution in [-0.4, -0.2) is 43.3 Å². The molecule has 1 fully saturated rings. The van der Waals surface area contributed by atoms with Crippen LogP contribution in [0.2, 0.25) is 0 Å². The van der Waals surface area contributed by atoms with Crippen molar-refractivity contribution in [2.45, 2.75) is 20.1 Å². The Bertz CT molecular complexity index is 1250. The summed E-state index contributed by atoms with van der Waals surface area (Å²) in [5.74, 6) is -1.06. The van der Waals surface area contributed by atoms with Crippen molar-refractivity contribution >= 4 is 39.2 Å². The minimum Gasteiger partial charge on any atom is -0.489 e. The Kier molecular flexibility index (Phi) is 8.22. The Hall–Kier alpha value is -3.43. The number of nitrogens with zero attached hydrogens (tertiary/aromatic N) is 2. The highest BCUT2D eigenvalue weighted by atomic mass is 79.9. The van der Waals surface area contributed by atoms with Crippen molar-refractivity contribution < 1.29 is 28.6 Å². The molecule has 9 heteroatoms. The number of amides is 1. The third-order valence-corrected chi connectivity index (χ3v) is 6.41. The highest BCUT2D eigenvalue weighted by molar-refractivity contribution is 9.10. The molecule has 1 heterocycles. The van der Waals surface area contributed by atoms with E-state index in [1.165, 1.54) is 30.0 Å². The lowest BCUT2D eigenvalue weighted by Gasteiger charge is -2.31. The van der Waals surface area contributed by atoms with E-state index in [-0.39, 0.29) is 30.4 Å². The molecule has 1 N–H and O–H groups in total. The molecule has 1 amide bonds. The molecule has 36 heavy (non-hydrogen) atoms. The molecule has 1 saturated heterocycles. The molecule has 0 unspecified atom stereocenters. The number of carboxylic acids is 1. The first kappa shape index (κ1) is 25.7. The number of rotatable bonds is 8.